The summed E-state index contributed by atoms with van der Waals surface area (Å²) in [5.74, 6) is -0.257. The average molecular weight is 377 g/mol. The number of benzene rings is 1. The number of Topliss-reactive ketones (excluding diaryl/α,β-unsaturated/α-hetero) is 1. The van der Waals surface area contributed by atoms with Gasteiger partial charge >= 0.3 is 5.97 Å². The number of carbonyl (C=O) groups excluding carboxylic acids is 2. The van der Waals surface area contributed by atoms with E-state index in [-0.39, 0.29) is 12.2 Å². The molecule has 0 aliphatic carbocycles. The molecule has 0 fully saturated rings. The molecule has 0 bridgehead atoms. The number of carbonyl (C=O) groups is 2. The molecule has 4 aromatic rings. The number of hydrogen-bond donors (Lipinski definition) is 1. The second-order valence-corrected chi connectivity index (χ2v) is 6.65. The third kappa shape index (κ3) is 3.02. The second kappa shape index (κ2) is 6.88. The quantitative estimate of drug-likeness (QED) is 0.424. The fourth-order valence-electron chi connectivity index (χ4n) is 3.34. The summed E-state index contributed by atoms with van der Waals surface area (Å²) < 4.78 is 7.00. The number of rotatable bonds is 5. The van der Waals surface area contributed by atoms with Gasteiger partial charge in [0.25, 0.3) is 5.78 Å². The number of H-pyrrole nitrogens is 1. The van der Waals surface area contributed by atoms with E-state index in [0.717, 1.165) is 22.2 Å². The summed E-state index contributed by atoms with van der Waals surface area (Å²) in [5.41, 5.74) is 3.55. The first kappa shape index (κ1) is 17.8. The van der Waals surface area contributed by atoms with E-state index >= 15 is 0 Å². The highest BCUT2D eigenvalue weighted by Gasteiger charge is 2.23. The molecule has 8 nitrogen and oxygen atoms in total. The first-order chi connectivity index (χ1) is 13.5. The van der Waals surface area contributed by atoms with E-state index in [1.54, 1.807) is 17.6 Å². The number of nitrogens with one attached hydrogen (secondary N) is 1. The van der Waals surface area contributed by atoms with Gasteiger partial charge in [-0.2, -0.15) is 10.1 Å². The van der Waals surface area contributed by atoms with Crippen LogP contribution in [0, 0.1) is 13.8 Å². The third-order valence-corrected chi connectivity index (χ3v) is 4.84. The second-order valence-electron chi connectivity index (χ2n) is 6.65. The van der Waals surface area contributed by atoms with Crippen molar-refractivity contribution in [2.45, 2.75) is 33.3 Å². The lowest BCUT2D eigenvalue weighted by molar-refractivity contribution is -0.145. The topological polar surface area (TPSA) is 102 Å². The number of aryl methyl sites for hydroxylation is 2. The molecule has 4 rings (SSSR count). The standard InChI is InChI=1S/C20H19N5O3/c1-11-15(12(2)25-20(24-11)22-10-23-25)8-18(26)28-13(3)19(27)16-9-21-17-7-5-4-6-14(16)17/h4-7,9-10,13,21H,8H2,1-3H3/t13-/m1/s1. The Balaban J connectivity index is 1.51. The number of fused-ring (bicyclic) bond motifs is 2. The van der Waals surface area contributed by atoms with Crippen LogP contribution in [0.25, 0.3) is 16.7 Å². The largest absolute Gasteiger partial charge is 0.454 e. The fraction of sp³-hybridized carbons (Fsp3) is 0.250. The Hall–Kier alpha value is -3.55. The smallest absolute Gasteiger partial charge is 0.311 e. The van der Waals surface area contributed by atoms with Gasteiger partial charge in [0, 0.05) is 39.6 Å². The van der Waals surface area contributed by atoms with Gasteiger partial charge < -0.3 is 9.72 Å². The molecule has 142 valence electrons. The number of ketones is 1. The van der Waals surface area contributed by atoms with E-state index < -0.39 is 12.1 Å². The summed E-state index contributed by atoms with van der Waals surface area (Å²) in [6.45, 7) is 5.24. The minimum absolute atomic E-state index is 0.00592. The SMILES string of the molecule is Cc1nc2ncnn2c(C)c1CC(=O)O[C@H](C)C(=O)c1c[nH]c2ccccc12. The van der Waals surface area contributed by atoms with Gasteiger partial charge in [0.15, 0.2) is 6.10 Å². The van der Waals surface area contributed by atoms with Crippen molar-refractivity contribution in [3.8, 4) is 0 Å². The molecular weight excluding hydrogens is 358 g/mol. The van der Waals surface area contributed by atoms with Gasteiger partial charge in [0.1, 0.15) is 6.33 Å². The summed E-state index contributed by atoms with van der Waals surface area (Å²) in [6, 6.07) is 7.50. The van der Waals surface area contributed by atoms with E-state index in [1.165, 1.54) is 6.33 Å². The van der Waals surface area contributed by atoms with Gasteiger partial charge in [-0.25, -0.2) is 9.50 Å². The molecule has 1 atom stereocenters. The molecule has 0 spiro atoms. The van der Waals surface area contributed by atoms with Crippen LogP contribution in [0.2, 0.25) is 0 Å². The van der Waals surface area contributed by atoms with Crippen LogP contribution >= 0.6 is 0 Å². The minimum Gasteiger partial charge on any atom is -0.454 e. The summed E-state index contributed by atoms with van der Waals surface area (Å²) >= 11 is 0. The van der Waals surface area contributed by atoms with Crippen molar-refractivity contribution in [3.63, 3.8) is 0 Å². The summed E-state index contributed by atoms with van der Waals surface area (Å²) in [7, 11) is 0. The summed E-state index contributed by atoms with van der Waals surface area (Å²) in [4.78, 5) is 36.7. The van der Waals surface area contributed by atoms with Crippen molar-refractivity contribution >= 4 is 28.4 Å². The molecule has 0 aliphatic rings. The number of nitrogens with zero attached hydrogens (tertiary/aromatic N) is 4. The Morgan fingerprint density at radius 1 is 1.25 bits per heavy atom. The van der Waals surface area contributed by atoms with Gasteiger partial charge in [0.05, 0.1) is 6.42 Å². The lowest BCUT2D eigenvalue weighted by Gasteiger charge is -2.14. The monoisotopic (exact) mass is 377 g/mol. The predicted molar refractivity (Wildman–Crippen MR) is 102 cm³/mol. The van der Waals surface area contributed by atoms with Crippen LogP contribution < -0.4 is 0 Å². The van der Waals surface area contributed by atoms with Crippen LogP contribution in [-0.2, 0) is 16.0 Å². The molecule has 3 heterocycles. The molecule has 0 amide bonds. The zero-order valence-corrected chi connectivity index (χ0v) is 15.8. The number of esters is 1. The molecule has 3 aromatic heterocycles. The van der Waals surface area contributed by atoms with Crippen LogP contribution in [0.15, 0.2) is 36.8 Å². The summed E-state index contributed by atoms with van der Waals surface area (Å²) in [6.07, 6.45) is 2.18. The van der Waals surface area contributed by atoms with Crippen molar-refractivity contribution < 1.29 is 14.3 Å². The molecule has 1 N–H and O–H groups in total. The lowest BCUT2D eigenvalue weighted by atomic mass is 10.1. The van der Waals surface area contributed by atoms with Crippen molar-refractivity contribution in [1.29, 1.82) is 0 Å². The highest BCUT2D eigenvalue weighted by atomic mass is 16.5. The first-order valence-corrected chi connectivity index (χ1v) is 8.91. The highest BCUT2D eigenvalue weighted by Crippen LogP contribution is 2.20. The van der Waals surface area contributed by atoms with Gasteiger partial charge in [-0.15, -0.1) is 0 Å². The van der Waals surface area contributed by atoms with Crippen molar-refractivity contribution in [3.05, 3.63) is 59.3 Å². The fourth-order valence-corrected chi connectivity index (χ4v) is 3.34. The maximum atomic E-state index is 12.7. The summed E-state index contributed by atoms with van der Waals surface area (Å²) in [5, 5.41) is 4.92. The Morgan fingerprint density at radius 3 is 2.86 bits per heavy atom. The molecule has 8 heteroatoms. The molecule has 0 unspecified atom stereocenters. The zero-order chi connectivity index (χ0) is 19.8. The number of para-hydroxylation sites is 1. The average Bonchev–Trinajstić information content (AvgIpc) is 3.31. The van der Waals surface area contributed by atoms with Crippen LogP contribution in [0.5, 0.6) is 0 Å². The number of aromatic amines is 1. The van der Waals surface area contributed by atoms with Crippen molar-refractivity contribution in [2.75, 3.05) is 0 Å². The molecule has 0 saturated heterocycles. The highest BCUT2D eigenvalue weighted by molar-refractivity contribution is 6.10. The normalized spacial score (nSPS) is 12.4. The Morgan fingerprint density at radius 2 is 2.04 bits per heavy atom. The molecule has 28 heavy (non-hydrogen) atoms. The zero-order valence-electron chi connectivity index (χ0n) is 15.8. The number of aromatic nitrogens is 5. The Bertz CT molecular complexity index is 1210. The van der Waals surface area contributed by atoms with Gasteiger partial charge in [-0.3, -0.25) is 9.59 Å². The van der Waals surface area contributed by atoms with E-state index in [0.29, 0.717) is 17.0 Å². The number of hydrogen-bond acceptors (Lipinski definition) is 6. The van der Waals surface area contributed by atoms with Crippen LogP contribution in [-0.4, -0.2) is 42.4 Å². The van der Waals surface area contributed by atoms with E-state index in [2.05, 4.69) is 20.1 Å². The third-order valence-electron chi connectivity index (χ3n) is 4.84. The minimum atomic E-state index is -0.893. The van der Waals surface area contributed by atoms with E-state index in [4.69, 9.17) is 4.74 Å². The predicted octanol–water partition coefficient (Wildman–Crippen LogP) is 2.58. The van der Waals surface area contributed by atoms with Gasteiger partial charge in [-0.05, 0) is 26.8 Å². The maximum absolute atomic E-state index is 12.7. The van der Waals surface area contributed by atoms with Gasteiger partial charge in [0.2, 0.25) is 5.78 Å². The Labute approximate surface area is 160 Å². The first-order valence-electron chi connectivity index (χ1n) is 8.91. The van der Waals surface area contributed by atoms with Gasteiger partial charge in [-0.1, -0.05) is 18.2 Å². The van der Waals surface area contributed by atoms with Crippen LogP contribution in [0.1, 0.15) is 34.2 Å². The Kier molecular flexibility index (Phi) is 4.38. The number of ether oxygens (including phenoxy) is 1. The lowest BCUT2D eigenvalue weighted by Crippen LogP contribution is -2.25. The van der Waals surface area contributed by atoms with Crippen LogP contribution in [0.3, 0.4) is 0 Å². The van der Waals surface area contributed by atoms with Crippen molar-refractivity contribution in [2.24, 2.45) is 0 Å². The van der Waals surface area contributed by atoms with Crippen LogP contribution in [0.4, 0.5) is 0 Å². The maximum Gasteiger partial charge on any atom is 0.311 e. The van der Waals surface area contributed by atoms with E-state index in [9.17, 15) is 9.59 Å². The van der Waals surface area contributed by atoms with Crippen molar-refractivity contribution in [1.82, 2.24) is 24.6 Å². The molecule has 0 aliphatic heterocycles. The molecule has 0 saturated carbocycles. The molecule has 0 radical (unpaired) electrons. The molecular formula is C20H19N5O3. The van der Waals surface area contributed by atoms with E-state index in [1.807, 2.05) is 38.1 Å². The molecule has 1 aromatic carbocycles.